The number of benzene rings is 3. The fourth-order valence-electron chi connectivity index (χ4n) is 4.31. The monoisotopic (exact) mass is 485 g/mol. The molecule has 0 radical (unpaired) electrons. The van der Waals surface area contributed by atoms with Crippen LogP contribution in [0.25, 0.3) is 16.7 Å². The third-order valence-electron chi connectivity index (χ3n) is 6.21. The standard InChI is InChI=1S/C28H27N3O5/c1-30(17-21-18-35-25-9-5-6-10-26(25)36-21)27(32)16-15-23-28(33)31(19-11-13-20(34-2)14-12-19)24-8-4-3-7-22(24)29-23/h3-14,21H,15-18H2,1-2H3/t21-/m0/s1. The Morgan fingerprint density at radius 1 is 1.06 bits per heavy atom. The number of nitrogens with zero attached hydrogens (tertiary/aromatic N) is 3. The summed E-state index contributed by atoms with van der Waals surface area (Å²) in [5.74, 6) is 1.99. The Kier molecular flexibility index (Phi) is 6.58. The maximum absolute atomic E-state index is 13.5. The van der Waals surface area contributed by atoms with Gasteiger partial charge in [-0.2, -0.15) is 0 Å². The van der Waals surface area contributed by atoms with Crippen LogP contribution in [0, 0.1) is 0 Å². The number of fused-ring (bicyclic) bond motifs is 2. The third kappa shape index (κ3) is 4.75. The molecule has 0 aliphatic carbocycles. The summed E-state index contributed by atoms with van der Waals surface area (Å²) >= 11 is 0. The number of ether oxygens (including phenoxy) is 3. The molecule has 1 atom stereocenters. The third-order valence-corrected chi connectivity index (χ3v) is 6.21. The van der Waals surface area contributed by atoms with Crippen molar-refractivity contribution < 1.29 is 19.0 Å². The van der Waals surface area contributed by atoms with E-state index < -0.39 is 0 Å². The summed E-state index contributed by atoms with van der Waals surface area (Å²) in [6.45, 7) is 0.752. The summed E-state index contributed by atoms with van der Waals surface area (Å²) in [5, 5.41) is 0. The van der Waals surface area contributed by atoms with Crippen molar-refractivity contribution in [3.8, 4) is 22.9 Å². The first-order valence-corrected chi connectivity index (χ1v) is 11.8. The van der Waals surface area contributed by atoms with Gasteiger partial charge >= 0.3 is 0 Å². The molecule has 0 N–H and O–H groups in total. The zero-order valence-electron chi connectivity index (χ0n) is 20.2. The molecule has 184 valence electrons. The van der Waals surface area contributed by atoms with E-state index in [4.69, 9.17) is 14.2 Å². The van der Waals surface area contributed by atoms with E-state index in [1.165, 1.54) is 0 Å². The minimum Gasteiger partial charge on any atom is -0.497 e. The van der Waals surface area contributed by atoms with Crippen molar-refractivity contribution in [1.82, 2.24) is 14.5 Å². The van der Waals surface area contributed by atoms with Gasteiger partial charge in [0.1, 0.15) is 18.1 Å². The molecule has 0 bridgehead atoms. The first-order chi connectivity index (χ1) is 17.5. The van der Waals surface area contributed by atoms with Gasteiger partial charge in [-0.25, -0.2) is 4.98 Å². The molecule has 0 spiro atoms. The number of hydrogen-bond donors (Lipinski definition) is 0. The quantitative estimate of drug-likeness (QED) is 0.398. The van der Waals surface area contributed by atoms with E-state index in [-0.39, 0.29) is 30.4 Å². The predicted molar refractivity (Wildman–Crippen MR) is 136 cm³/mol. The van der Waals surface area contributed by atoms with Crippen molar-refractivity contribution in [2.45, 2.75) is 18.9 Å². The van der Waals surface area contributed by atoms with Gasteiger partial charge in [0.25, 0.3) is 5.56 Å². The highest BCUT2D eigenvalue weighted by molar-refractivity contribution is 5.78. The van der Waals surface area contributed by atoms with E-state index in [1.807, 2.05) is 72.8 Å². The van der Waals surface area contributed by atoms with E-state index in [0.29, 0.717) is 52.8 Å². The SMILES string of the molecule is COc1ccc(-n2c(=O)c(CCC(=O)N(C)C[C@H]3COc4ccccc4O3)nc3ccccc32)cc1. The molecule has 36 heavy (non-hydrogen) atoms. The molecule has 8 heteroatoms. The molecule has 1 aromatic heterocycles. The summed E-state index contributed by atoms with van der Waals surface area (Å²) in [6, 6.07) is 22.2. The zero-order valence-corrected chi connectivity index (χ0v) is 20.2. The molecule has 0 unspecified atom stereocenters. The number of para-hydroxylation sites is 4. The number of amides is 1. The number of methoxy groups -OCH3 is 1. The lowest BCUT2D eigenvalue weighted by atomic mass is 10.2. The molecular formula is C28H27N3O5. The average molecular weight is 486 g/mol. The molecular weight excluding hydrogens is 458 g/mol. The normalized spacial score (nSPS) is 14.4. The maximum Gasteiger partial charge on any atom is 0.277 e. The Balaban J connectivity index is 1.32. The van der Waals surface area contributed by atoms with Crippen LogP contribution in [0.2, 0.25) is 0 Å². The molecule has 8 nitrogen and oxygen atoms in total. The van der Waals surface area contributed by atoms with Crippen molar-refractivity contribution in [2.75, 3.05) is 27.3 Å². The van der Waals surface area contributed by atoms with Crippen LogP contribution in [0.4, 0.5) is 0 Å². The smallest absolute Gasteiger partial charge is 0.277 e. The summed E-state index contributed by atoms with van der Waals surface area (Å²) in [4.78, 5) is 32.6. The number of carbonyl (C=O) groups excluding carboxylic acids is 1. The molecule has 0 fully saturated rings. The number of hydrogen-bond acceptors (Lipinski definition) is 6. The highest BCUT2D eigenvalue weighted by Crippen LogP contribution is 2.31. The highest BCUT2D eigenvalue weighted by atomic mass is 16.6. The second kappa shape index (κ2) is 10.1. The molecule has 2 heterocycles. The molecule has 1 aliphatic rings. The van der Waals surface area contributed by atoms with Gasteiger partial charge in [-0.15, -0.1) is 0 Å². The van der Waals surface area contributed by atoms with Gasteiger partial charge in [-0.1, -0.05) is 24.3 Å². The van der Waals surface area contributed by atoms with Gasteiger partial charge in [0.15, 0.2) is 17.6 Å². The van der Waals surface area contributed by atoms with E-state index >= 15 is 0 Å². The molecule has 1 aliphatic heterocycles. The summed E-state index contributed by atoms with van der Waals surface area (Å²) in [5.41, 5.74) is 2.20. The van der Waals surface area contributed by atoms with Crippen molar-refractivity contribution in [3.63, 3.8) is 0 Å². The van der Waals surface area contributed by atoms with Crippen LogP contribution in [0.15, 0.2) is 77.6 Å². The highest BCUT2D eigenvalue weighted by Gasteiger charge is 2.24. The van der Waals surface area contributed by atoms with Crippen molar-refractivity contribution in [3.05, 3.63) is 88.8 Å². The van der Waals surface area contributed by atoms with E-state index in [9.17, 15) is 9.59 Å². The lowest BCUT2D eigenvalue weighted by molar-refractivity contribution is -0.131. The number of rotatable bonds is 7. The molecule has 5 rings (SSSR count). The molecule has 0 saturated carbocycles. The predicted octanol–water partition coefficient (Wildman–Crippen LogP) is 3.63. The van der Waals surface area contributed by atoms with E-state index in [2.05, 4.69) is 4.98 Å². The fraction of sp³-hybridized carbons (Fsp3) is 0.250. The Labute approximate surface area is 208 Å². The second-order valence-electron chi connectivity index (χ2n) is 8.66. The van der Waals surface area contributed by atoms with Crippen LogP contribution < -0.4 is 19.8 Å². The maximum atomic E-state index is 13.5. The van der Waals surface area contributed by atoms with Crippen molar-refractivity contribution >= 4 is 16.9 Å². The van der Waals surface area contributed by atoms with Crippen LogP contribution >= 0.6 is 0 Å². The number of carbonyl (C=O) groups is 1. The number of aromatic nitrogens is 2. The van der Waals surface area contributed by atoms with Crippen LogP contribution in [-0.2, 0) is 11.2 Å². The minimum absolute atomic E-state index is 0.0946. The van der Waals surface area contributed by atoms with Gasteiger partial charge in [0.05, 0.1) is 24.7 Å². The van der Waals surface area contributed by atoms with Gasteiger partial charge < -0.3 is 19.1 Å². The van der Waals surface area contributed by atoms with Crippen molar-refractivity contribution in [2.24, 2.45) is 0 Å². The number of likely N-dealkylation sites (N-methyl/N-ethyl adjacent to an activating group) is 1. The topological polar surface area (TPSA) is 82.9 Å². The van der Waals surface area contributed by atoms with Gasteiger partial charge in [0.2, 0.25) is 5.91 Å². The Hall–Kier alpha value is -4.33. The van der Waals surface area contributed by atoms with Gasteiger partial charge in [-0.05, 0) is 48.5 Å². The zero-order chi connectivity index (χ0) is 25.1. The Bertz CT molecular complexity index is 1450. The molecule has 1 amide bonds. The average Bonchev–Trinajstić information content (AvgIpc) is 2.91. The largest absolute Gasteiger partial charge is 0.497 e. The summed E-state index contributed by atoms with van der Waals surface area (Å²) < 4.78 is 18.6. The van der Waals surface area contributed by atoms with Crippen LogP contribution in [0.3, 0.4) is 0 Å². The van der Waals surface area contributed by atoms with Crippen molar-refractivity contribution in [1.29, 1.82) is 0 Å². The van der Waals surface area contributed by atoms with E-state index in [0.717, 1.165) is 0 Å². The molecule has 3 aromatic carbocycles. The van der Waals surface area contributed by atoms with Gasteiger partial charge in [0, 0.05) is 25.6 Å². The lowest BCUT2D eigenvalue weighted by Crippen LogP contribution is -2.42. The van der Waals surface area contributed by atoms with Crippen LogP contribution in [0.1, 0.15) is 12.1 Å². The fourth-order valence-corrected chi connectivity index (χ4v) is 4.31. The summed E-state index contributed by atoms with van der Waals surface area (Å²) in [7, 11) is 3.33. The van der Waals surface area contributed by atoms with Gasteiger partial charge in [-0.3, -0.25) is 14.2 Å². The Morgan fingerprint density at radius 3 is 2.56 bits per heavy atom. The van der Waals surface area contributed by atoms with Crippen LogP contribution in [-0.4, -0.2) is 53.8 Å². The first-order valence-electron chi connectivity index (χ1n) is 11.8. The number of aryl methyl sites for hydroxylation is 1. The summed E-state index contributed by atoms with van der Waals surface area (Å²) in [6.07, 6.45) is 0.123. The lowest BCUT2D eigenvalue weighted by Gasteiger charge is -2.29. The molecule has 0 saturated heterocycles. The Morgan fingerprint density at radius 2 is 1.78 bits per heavy atom. The first kappa shape index (κ1) is 23.4. The van der Waals surface area contributed by atoms with E-state index in [1.54, 1.807) is 23.6 Å². The second-order valence-corrected chi connectivity index (χ2v) is 8.66. The molecule has 4 aromatic rings. The minimum atomic E-state index is -0.264. The van der Waals surface area contributed by atoms with Crippen LogP contribution in [0.5, 0.6) is 17.2 Å².